The van der Waals surface area contributed by atoms with Crippen LogP contribution in [0.3, 0.4) is 0 Å². The number of amides is 1. The summed E-state index contributed by atoms with van der Waals surface area (Å²) >= 11 is 0.672. The van der Waals surface area contributed by atoms with Crippen LogP contribution in [-0.2, 0) is 4.79 Å². The topological polar surface area (TPSA) is 66.4 Å². The molecular weight excluding hydrogens is 300 g/mol. The molecule has 1 aliphatic rings. The summed E-state index contributed by atoms with van der Waals surface area (Å²) in [4.78, 5) is 23.3. The minimum atomic E-state index is -1.24. The second-order valence-corrected chi connectivity index (χ2v) is 5.34. The van der Waals surface area contributed by atoms with Gasteiger partial charge in [0.1, 0.15) is 5.82 Å². The fraction of sp³-hybridized carbons (Fsp3) is 0. The monoisotopic (exact) mass is 307 g/mol. The summed E-state index contributed by atoms with van der Waals surface area (Å²) in [5.41, 5.74) is 0.672. The zero-order chi connectivity index (χ0) is 15.1. The van der Waals surface area contributed by atoms with Crippen molar-refractivity contribution >= 4 is 34.5 Å². The van der Waals surface area contributed by atoms with Gasteiger partial charge in [0.15, 0.2) is 5.13 Å². The Kier molecular flexibility index (Phi) is 3.06. The van der Waals surface area contributed by atoms with Gasteiger partial charge in [0.05, 0.1) is 16.1 Å². The van der Waals surface area contributed by atoms with E-state index < -0.39 is 22.8 Å². The van der Waals surface area contributed by atoms with Gasteiger partial charge in [0.2, 0.25) is 0 Å². The number of hydrogen-bond acceptors (Lipinski definition) is 3. The summed E-state index contributed by atoms with van der Waals surface area (Å²) in [7, 11) is 0. The molecule has 0 unspecified atom stereocenters. The van der Waals surface area contributed by atoms with Crippen molar-refractivity contribution in [3.05, 3.63) is 57.3 Å². The number of carboxylic acids is 1. The number of hydrogen-bond donors (Lipinski definition) is 2. The molecule has 2 aromatic rings. The summed E-state index contributed by atoms with van der Waals surface area (Å²) in [6.07, 6.45) is 0.881. The summed E-state index contributed by atoms with van der Waals surface area (Å²) in [6, 6.07) is 4.63. The Balaban J connectivity index is 2.34. The van der Waals surface area contributed by atoms with Crippen LogP contribution in [0.1, 0.15) is 20.8 Å². The Morgan fingerprint density at radius 1 is 1.24 bits per heavy atom. The molecule has 0 saturated heterocycles. The van der Waals surface area contributed by atoms with E-state index >= 15 is 0 Å². The lowest BCUT2D eigenvalue weighted by Crippen LogP contribution is -2.10. The minimum absolute atomic E-state index is 0.0293. The predicted molar refractivity (Wildman–Crippen MR) is 73.3 cm³/mol. The van der Waals surface area contributed by atoms with Gasteiger partial charge in [-0.2, -0.15) is 4.39 Å². The number of carbonyl (C=O) groups excluding carboxylic acids is 1. The lowest BCUT2D eigenvalue weighted by atomic mass is 10.0. The number of benzene rings is 1. The number of carbonyl (C=O) groups is 2. The molecular formula is C14H7F2NO3S. The summed E-state index contributed by atoms with van der Waals surface area (Å²) in [5.74, 6) is -2.42. The summed E-state index contributed by atoms with van der Waals surface area (Å²) < 4.78 is 26.8. The van der Waals surface area contributed by atoms with Gasteiger partial charge in [-0.15, -0.1) is 11.3 Å². The molecule has 1 aromatic heterocycles. The fourth-order valence-electron chi connectivity index (χ4n) is 2.16. The molecule has 1 aliphatic heterocycles. The number of fused-ring (bicyclic) bond motifs is 2. The highest BCUT2D eigenvalue weighted by Gasteiger charge is 2.27. The first-order valence-corrected chi connectivity index (χ1v) is 6.63. The van der Waals surface area contributed by atoms with E-state index in [1.165, 1.54) is 6.07 Å². The van der Waals surface area contributed by atoms with E-state index in [2.05, 4.69) is 5.32 Å². The lowest BCUT2D eigenvalue weighted by molar-refractivity contribution is -0.131. The van der Waals surface area contributed by atoms with Gasteiger partial charge < -0.3 is 10.4 Å². The number of carboxylic acid groups (broad SMARTS) is 1. The van der Waals surface area contributed by atoms with Crippen LogP contribution in [-0.4, -0.2) is 17.0 Å². The SMILES string of the molecule is O=C(O)C=C1c2ccc(F)cc2NC(=O)c2cc(F)sc21. The Hall–Kier alpha value is -2.54. The van der Waals surface area contributed by atoms with Crippen molar-refractivity contribution in [3.63, 3.8) is 0 Å². The number of nitrogens with one attached hydrogen (secondary N) is 1. The maximum Gasteiger partial charge on any atom is 0.328 e. The molecule has 0 bridgehead atoms. The Morgan fingerprint density at radius 3 is 2.71 bits per heavy atom. The van der Waals surface area contributed by atoms with E-state index in [0.717, 1.165) is 24.3 Å². The van der Waals surface area contributed by atoms with Crippen LogP contribution in [0.5, 0.6) is 0 Å². The maximum atomic E-state index is 13.5. The quantitative estimate of drug-likeness (QED) is 0.796. The number of halogens is 2. The van der Waals surface area contributed by atoms with E-state index in [1.807, 2.05) is 0 Å². The predicted octanol–water partition coefficient (Wildman–Crippen LogP) is 3.11. The van der Waals surface area contributed by atoms with Crippen LogP contribution in [0, 0.1) is 10.9 Å². The van der Waals surface area contributed by atoms with E-state index in [9.17, 15) is 18.4 Å². The first kappa shape index (κ1) is 13.4. The molecule has 0 atom stereocenters. The van der Waals surface area contributed by atoms with Gasteiger partial charge in [0, 0.05) is 17.2 Å². The van der Waals surface area contributed by atoms with Gasteiger partial charge in [-0.1, -0.05) is 0 Å². The third-order valence-electron chi connectivity index (χ3n) is 2.98. The summed E-state index contributed by atoms with van der Waals surface area (Å²) in [5, 5.41) is 10.9. The maximum absolute atomic E-state index is 13.5. The molecule has 1 amide bonds. The van der Waals surface area contributed by atoms with Crippen molar-refractivity contribution < 1.29 is 23.5 Å². The molecule has 7 heteroatoms. The van der Waals surface area contributed by atoms with Crippen LogP contribution in [0.15, 0.2) is 30.3 Å². The average molecular weight is 307 g/mol. The second kappa shape index (κ2) is 4.78. The van der Waals surface area contributed by atoms with Gasteiger partial charge in [-0.3, -0.25) is 4.79 Å². The lowest BCUT2D eigenvalue weighted by Gasteiger charge is -2.08. The molecule has 21 heavy (non-hydrogen) atoms. The molecule has 0 fully saturated rings. The molecule has 0 spiro atoms. The molecule has 0 aliphatic carbocycles. The largest absolute Gasteiger partial charge is 0.478 e. The molecule has 0 radical (unpaired) electrons. The van der Waals surface area contributed by atoms with Crippen LogP contribution in [0.4, 0.5) is 14.5 Å². The molecule has 4 nitrogen and oxygen atoms in total. The Bertz CT molecular complexity index is 811. The Labute approximate surface area is 121 Å². The van der Waals surface area contributed by atoms with Crippen LogP contribution in [0.2, 0.25) is 0 Å². The van der Waals surface area contributed by atoms with Crippen LogP contribution < -0.4 is 5.32 Å². The molecule has 1 aromatic carbocycles. The number of aliphatic carboxylic acids is 1. The first-order valence-electron chi connectivity index (χ1n) is 5.81. The van der Waals surface area contributed by atoms with E-state index in [1.54, 1.807) is 0 Å². The van der Waals surface area contributed by atoms with Crippen molar-refractivity contribution in [1.82, 2.24) is 0 Å². The van der Waals surface area contributed by atoms with E-state index in [4.69, 9.17) is 5.11 Å². The van der Waals surface area contributed by atoms with Crippen molar-refractivity contribution in [1.29, 1.82) is 0 Å². The third kappa shape index (κ3) is 2.31. The van der Waals surface area contributed by atoms with Gasteiger partial charge in [-0.25, -0.2) is 9.18 Å². The Morgan fingerprint density at radius 2 is 2.00 bits per heavy atom. The number of thiophene rings is 1. The van der Waals surface area contributed by atoms with Gasteiger partial charge in [-0.05, 0) is 24.3 Å². The zero-order valence-electron chi connectivity index (χ0n) is 10.3. The molecule has 106 valence electrons. The minimum Gasteiger partial charge on any atom is -0.478 e. The smallest absolute Gasteiger partial charge is 0.328 e. The molecule has 0 saturated carbocycles. The molecule has 2 N–H and O–H groups in total. The average Bonchev–Trinajstić information content (AvgIpc) is 2.74. The normalized spacial score (nSPS) is 15.1. The first-order chi connectivity index (χ1) is 9.95. The molecule has 2 heterocycles. The van der Waals surface area contributed by atoms with E-state index in [0.29, 0.717) is 16.9 Å². The van der Waals surface area contributed by atoms with Crippen LogP contribution in [0.25, 0.3) is 5.57 Å². The van der Waals surface area contributed by atoms with Crippen molar-refractivity contribution in [2.45, 2.75) is 0 Å². The highest BCUT2D eigenvalue weighted by molar-refractivity contribution is 7.12. The van der Waals surface area contributed by atoms with Crippen LogP contribution >= 0.6 is 11.3 Å². The van der Waals surface area contributed by atoms with E-state index in [-0.39, 0.29) is 21.7 Å². The standard InChI is InChI=1S/C14H7F2NO3S/c15-6-1-2-7-8(5-12(18)19)13-9(4-11(16)21-13)14(20)17-10(7)3-6/h1-5H,(H,17,20)(H,18,19). The van der Waals surface area contributed by atoms with Crippen molar-refractivity contribution in [2.24, 2.45) is 0 Å². The van der Waals surface area contributed by atoms with Crippen molar-refractivity contribution in [3.8, 4) is 0 Å². The highest BCUT2D eigenvalue weighted by atomic mass is 32.1. The van der Waals surface area contributed by atoms with Gasteiger partial charge in [0.25, 0.3) is 5.91 Å². The number of anilines is 1. The van der Waals surface area contributed by atoms with Crippen molar-refractivity contribution in [2.75, 3.05) is 5.32 Å². The number of rotatable bonds is 1. The zero-order valence-corrected chi connectivity index (χ0v) is 11.1. The van der Waals surface area contributed by atoms with Gasteiger partial charge >= 0.3 is 5.97 Å². The highest BCUT2D eigenvalue weighted by Crippen LogP contribution is 2.39. The second-order valence-electron chi connectivity index (χ2n) is 4.33. The summed E-state index contributed by atoms with van der Waals surface area (Å²) in [6.45, 7) is 0. The third-order valence-corrected chi connectivity index (χ3v) is 3.94. The molecule has 3 rings (SSSR count). The fourth-order valence-corrected chi connectivity index (χ4v) is 3.08.